The molecule has 0 radical (unpaired) electrons. The van der Waals surface area contributed by atoms with Gasteiger partial charge in [0.2, 0.25) is 0 Å². The molecule has 0 aliphatic heterocycles. The molecule has 0 aliphatic rings. The van der Waals surface area contributed by atoms with Gasteiger partial charge in [0.25, 0.3) is 5.91 Å². The summed E-state index contributed by atoms with van der Waals surface area (Å²) >= 11 is 23.4. The van der Waals surface area contributed by atoms with Gasteiger partial charge >= 0.3 is 0 Å². The third-order valence-corrected chi connectivity index (χ3v) is 3.58. The number of hydrogen-bond donors (Lipinski definition) is 1. The van der Waals surface area contributed by atoms with Gasteiger partial charge in [0.05, 0.1) is 15.6 Å². The Balaban J connectivity index is 2.34. The van der Waals surface area contributed by atoms with E-state index >= 15 is 0 Å². The van der Waals surface area contributed by atoms with Gasteiger partial charge in [-0.15, -0.1) is 0 Å². The summed E-state index contributed by atoms with van der Waals surface area (Å²) in [5, 5.41) is 2.98. The molecule has 0 unspecified atom stereocenters. The molecule has 8 heteroatoms. The summed E-state index contributed by atoms with van der Waals surface area (Å²) in [6.07, 6.45) is 1.19. The van der Waals surface area contributed by atoms with Crippen molar-refractivity contribution < 1.29 is 4.79 Å². The number of nitrogens with one attached hydrogen (secondary N) is 1. The van der Waals surface area contributed by atoms with E-state index in [-0.39, 0.29) is 31.6 Å². The van der Waals surface area contributed by atoms with E-state index in [0.29, 0.717) is 0 Å². The summed E-state index contributed by atoms with van der Waals surface area (Å²) in [7, 11) is 0. The van der Waals surface area contributed by atoms with Crippen molar-refractivity contribution in [1.82, 2.24) is 9.97 Å². The van der Waals surface area contributed by atoms with E-state index in [9.17, 15) is 4.79 Å². The summed E-state index contributed by atoms with van der Waals surface area (Å²) in [6.45, 7) is 0. The lowest BCUT2D eigenvalue weighted by Gasteiger charge is -2.09. The second-order valence-electron chi connectivity index (χ2n) is 3.39. The Bertz CT molecular complexity index is 628. The minimum atomic E-state index is -0.508. The highest BCUT2D eigenvalue weighted by molar-refractivity contribution is 6.44. The number of halogens is 4. The largest absolute Gasteiger partial charge is 0.317 e. The molecule has 0 spiro atoms. The highest BCUT2D eigenvalue weighted by Crippen LogP contribution is 2.29. The normalized spacial score (nSPS) is 10.3. The average Bonchev–Trinajstić information content (AvgIpc) is 2.37. The van der Waals surface area contributed by atoms with Crippen LogP contribution in [0.3, 0.4) is 0 Å². The van der Waals surface area contributed by atoms with Crippen molar-refractivity contribution in [3.05, 3.63) is 50.4 Å². The van der Waals surface area contributed by atoms with Crippen LogP contribution in [0.4, 0.5) is 5.69 Å². The Hall–Kier alpha value is -1.07. The first-order valence-corrected chi connectivity index (χ1v) is 6.43. The number of rotatable bonds is 2. The second-order valence-corrected chi connectivity index (χ2v) is 4.89. The fourth-order valence-electron chi connectivity index (χ4n) is 1.31. The van der Waals surface area contributed by atoms with Gasteiger partial charge in [-0.05, 0) is 12.1 Å². The zero-order chi connectivity index (χ0) is 14.0. The van der Waals surface area contributed by atoms with Crippen LogP contribution in [0.2, 0.25) is 20.4 Å². The summed E-state index contributed by atoms with van der Waals surface area (Å²) in [5.74, 6) is -0.508. The number of carbonyl (C=O) groups is 1. The van der Waals surface area contributed by atoms with Gasteiger partial charge in [0.15, 0.2) is 10.3 Å². The maximum atomic E-state index is 12.1. The van der Waals surface area contributed by atoms with Gasteiger partial charge < -0.3 is 5.32 Å². The molecule has 0 bridgehead atoms. The zero-order valence-corrected chi connectivity index (χ0v) is 12.1. The van der Waals surface area contributed by atoms with Crippen molar-refractivity contribution in [2.24, 2.45) is 0 Å². The summed E-state index contributed by atoms with van der Waals surface area (Å²) in [5.41, 5.74) is 0.317. The van der Waals surface area contributed by atoms with Gasteiger partial charge in [0, 0.05) is 0 Å². The zero-order valence-electron chi connectivity index (χ0n) is 9.12. The van der Waals surface area contributed by atoms with Crippen LogP contribution < -0.4 is 5.32 Å². The topological polar surface area (TPSA) is 54.9 Å². The van der Waals surface area contributed by atoms with Crippen molar-refractivity contribution in [2.45, 2.75) is 0 Å². The van der Waals surface area contributed by atoms with Crippen LogP contribution in [0.25, 0.3) is 0 Å². The number of hydrogen-bond acceptors (Lipinski definition) is 3. The van der Waals surface area contributed by atoms with Crippen LogP contribution in [0.1, 0.15) is 10.4 Å². The first-order valence-electron chi connectivity index (χ1n) is 4.92. The molecule has 1 N–H and O–H groups in total. The summed E-state index contributed by atoms with van der Waals surface area (Å²) in [6, 6.07) is 4.70. The smallest absolute Gasteiger partial charge is 0.257 e. The van der Waals surface area contributed by atoms with E-state index in [1.165, 1.54) is 12.4 Å². The number of amides is 1. The molecule has 4 nitrogen and oxygen atoms in total. The minimum Gasteiger partial charge on any atom is -0.317 e. The van der Waals surface area contributed by atoms with Crippen molar-refractivity contribution in [1.29, 1.82) is 0 Å². The van der Waals surface area contributed by atoms with Crippen LogP contribution in [0.15, 0.2) is 24.5 Å². The first kappa shape index (κ1) is 14.3. The van der Waals surface area contributed by atoms with Gasteiger partial charge in [-0.3, -0.25) is 4.79 Å². The van der Waals surface area contributed by atoms with Gasteiger partial charge in [-0.1, -0.05) is 52.5 Å². The lowest BCUT2D eigenvalue weighted by Crippen LogP contribution is -2.14. The Labute approximate surface area is 128 Å². The molecule has 1 aromatic heterocycles. The van der Waals surface area contributed by atoms with E-state index in [4.69, 9.17) is 46.4 Å². The fraction of sp³-hybridized carbons (Fsp3) is 0. The fourth-order valence-corrected chi connectivity index (χ4v) is 2.10. The predicted molar refractivity (Wildman–Crippen MR) is 76.5 cm³/mol. The van der Waals surface area contributed by atoms with Crippen molar-refractivity contribution in [2.75, 3.05) is 5.32 Å². The summed E-state index contributed by atoms with van der Waals surface area (Å²) in [4.78, 5) is 19.5. The molecule has 0 atom stereocenters. The molecule has 1 amide bonds. The molecule has 98 valence electrons. The molecule has 0 aliphatic carbocycles. The predicted octanol–water partition coefficient (Wildman–Crippen LogP) is 4.34. The maximum absolute atomic E-state index is 12.1. The van der Waals surface area contributed by atoms with E-state index in [1.807, 2.05) is 0 Å². The maximum Gasteiger partial charge on any atom is 0.257 e. The van der Waals surface area contributed by atoms with Gasteiger partial charge in [0.1, 0.15) is 12.0 Å². The standard InChI is InChI=1S/C11H5Cl4N3O/c12-6-3-1-2-5(7(6)13)11(19)18-8-9(14)16-4-17-10(8)15/h1-4H,(H,18,19). The van der Waals surface area contributed by atoms with Crippen LogP contribution >= 0.6 is 46.4 Å². The molecule has 19 heavy (non-hydrogen) atoms. The van der Waals surface area contributed by atoms with E-state index in [0.717, 1.165) is 0 Å². The number of benzene rings is 1. The Morgan fingerprint density at radius 2 is 1.68 bits per heavy atom. The van der Waals surface area contributed by atoms with Gasteiger partial charge in [-0.25, -0.2) is 9.97 Å². The minimum absolute atomic E-state index is 0.0338. The first-order chi connectivity index (χ1) is 9.00. The molecule has 0 fully saturated rings. The number of anilines is 1. The molecule has 2 aromatic rings. The third-order valence-electron chi connectivity index (χ3n) is 2.19. The molecule has 1 heterocycles. The molecule has 1 aromatic carbocycles. The number of carbonyl (C=O) groups excluding carboxylic acids is 1. The van der Waals surface area contributed by atoms with E-state index < -0.39 is 5.91 Å². The number of aromatic nitrogens is 2. The Morgan fingerprint density at radius 1 is 1.05 bits per heavy atom. The van der Waals surface area contributed by atoms with Crippen molar-refractivity contribution in [3.63, 3.8) is 0 Å². The van der Waals surface area contributed by atoms with Crippen LogP contribution in [-0.4, -0.2) is 15.9 Å². The molecular weight excluding hydrogens is 332 g/mol. The lowest BCUT2D eigenvalue weighted by atomic mass is 10.2. The molecule has 2 rings (SSSR count). The SMILES string of the molecule is O=C(Nc1c(Cl)ncnc1Cl)c1cccc(Cl)c1Cl. The molecular formula is C11H5Cl4N3O. The Kier molecular flexibility index (Phi) is 4.47. The highest BCUT2D eigenvalue weighted by atomic mass is 35.5. The van der Waals surface area contributed by atoms with Crippen LogP contribution in [0.5, 0.6) is 0 Å². The van der Waals surface area contributed by atoms with Crippen molar-refractivity contribution in [3.8, 4) is 0 Å². The van der Waals surface area contributed by atoms with Gasteiger partial charge in [-0.2, -0.15) is 0 Å². The molecule has 0 saturated carbocycles. The third kappa shape index (κ3) is 3.09. The Morgan fingerprint density at radius 3 is 2.32 bits per heavy atom. The summed E-state index contributed by atoms with van der Waals surface area (Å²) < 4.78 is 0. The number of nitrogens with zero attached hydrogens (tertiary/aromatic N) is 2. The molecule has 0 saturated heterocycles. The van der Waals surface area contributed by atoms with E-state index in [1.54, 1.807) is 12.1 Å². The van der Waals surface area contributed by atoms with Crippen LogP contribution in [0, 0.1) is 0 Å². The average molecular weight is 337 g/mol. The lowest BCUT2D eigenvalue weighted by molar-refractivity contribution is 0.102. The quantitative estimate of drug-likeness (QED) is 0.830. The monoisotopic (exact) mass is 335 g/mol. The van der Waals surface area contributed by atoms with E-state index in [2.05, 4.69) is 15.3 Å². The highest BCUT2D eigenvalue weighted by Gasteiger charge is 2.16. The van der Waals surface area contributed by atoms with Crippen LogP contribution in [-0.2, 0) is 0 Å². The second kappa shape index (κ2) is 5.92. The van der Waals surface area contributed by atoms with Crippen molar-refractivity contribution >= 4 is 58.0 Å².